The third-order valence-electron chi connectivity index (χ3n) is 2.42. The van der Waals surface area contributed by atoms with Gasteiger partial charge in [-0.05, 0) is 25.1 Å². The molecule has 1 aromatic carbocycles. The minimum atomic E-state index is -4.41. The number of nitrogens with zero attached hydrogens (tertiary/aromatic N) is 1. The van der Waals surface area contributed by atoms with E-state index >= 15 is 0 Å². The van der Waals surface area contributed by atoms with Gasteiger partial charge >= 0.3 is 6.18 Å². The molecule has 0 N–H and O–H groups in total. The molecular weight excluding hydrogens is 259 g/mol. The Morgan fingerprint density at radius 1 is 1.37 bits per heavy atom. The largest absolute Gasteiger partial charge is 0.444 e. The van der Waals surface area contributed by atoms with Crippen LogP contribution in [0, 0.1) is 0 Å². The summed E-state index contributed by atoms with van der Waals surface area (Å²) < 4.78 is 42.8. The molecular formula is C13H10F3NO2. The maximum atomic E-state index is 12.6. The SMILES string of the molecule is CC(=O)Cc1coc(-c2cccc(C(F)(F)F)c2)n1. The Balaban J connectivity index is 2.32. The van der Waals surface area contributed by atoms with Crippen LogP contribution < -0.4 is 0 Å². The molecule has 0 amide bonds. The van der Waals surface area contributed by atoms with Crippen molar-refractivity contribution in [3.63, 3.8) is 0 Å². The third kappa shape index (κ3) is 3.21. The van der Waals surface area contributed by atoms with Crippen molar-refractivity contribution in [2.24, 2.45) is 0 Å². The molecule has 1 heterocycles. The van der Waals surface area contributed by atoms with Crippen LogP contribution >= 0.6 is 0 Å². The average Bonchev–Trinajstić information content (AvgIpc) is 2.76. The van der Waals surface area contributed by atoms with Crippen molar-refractivity contribution >= 4 is 5.78 Å². The molecule has 3 nitrogen and oxygen atoms in total. The van der Waals surface area contributed by atoms with Gasteiger partial charge in [-0.15, -0.1) is 0 Å². The van der Waals surface area contributed by atoms with Gasteiger partial charge in [0.1, 0.15) is 12.0 Å². The van der Waals surface area contributed by atoms with Crippen molar-refractivity contribution in [3.8, 4) is 11.5 Å². The Bertz CT molecular complexity index is 602. The molecule has 6 heteroatoms. The highest BCUT2D eigenvalue weighted by Crippen LogP contribution is 2.31. The summed E-state index contributed by atoms with van der Waals surface area (Å²) in [5.74, 6) is -0.0220. The van der Waals surface area contributed by atoms with Crippen molar-refractivity contribution in [2.45, 2.75) is 19.5 Å². The van der Waals surface area contributed by atoms with E-state index in [0.29, 0.717) is 5.69 Å². The molecule has 0 saturated heterocycles. The van der Waals surface area contributed by atoms with Gasteiger partial charge in [-0.1, -0.05) is 6.07 Å². The third-order valence-corrected chi connectivity index (χ3v) is 2.42. The number of ketones is 1. The van der Waals surface area contributed by atoms with Gasteiger partial charge in [0.05, 0.1) is 17.7 Å². The summed E-state index contributed by atoms with van der Waals surface area (Å²) in [4.78, 5) is 14.9. The van der Waals surface area contributed by atoms with Crippen LogP contribution in [0.15, 0.2) is 34.9 Å². The Morgan fingerprint density at radius 2 is 2.11 bits per heavy atom. The van der Waals surface area contributed by atoms with Gasteiger partial charge in [-0.25, -0.2) is 4.98 Å². The van der Waals surface area contributed by atoms with E-state index in [1.54, 1.807) is 0 Å². The number of aromatic nitrogens is 1. The second-order valence-electron chi connectivity index (χ2n) is 4.10. The van der Waals surface area contributed by atoms with Crippen LogP contribution in [0.4, 0.5) is 13.2 Å². The van der Waals surface area contributed by atoms with Crippen LogP contribution in [-0.2, 0) is 17.4 Å². The molecule has 0 aliphatic heterocycles. The van der Waals surface area contributed by atoms with Gasteiger partial charge in [-0.2, -0.15) is 13.2 Å². The first-order chi connectivity index (χ1) is 8.86. The van der Waals surface area contributed by atoms with Gasteiger partial charge in [0.2, 0.25) is 5.89 Å². The molecule has 0 saturated carbocycles. The first-order valence-electron chi connectivity index (χ1n) is 5.48. The number of hydrogen-bond donors (Lipinski definition) is 0. The Hall–Kier alpha value is -2.11. The fraction of sp³-hybridized carbons (Fsp3) is 0.231. The van der Waals surface area contributed by atoms with E-state index < -0.39 is 11.7 Å². The van der Waals surface area contributed by atoms with Crippen LogP contribution in [0.3, 0.4) is 0 Å². The van der Waals surface area contributed by atoms with Crippen molar-refractivity contribution in [2.75, 3.05) is 0 Å². The summed E-state index contributed by atoms with van der Waals surface area (Å²) in [6.45, 7) is 1.40. The van der Waals surface area contributed by atoms with Gasteiger partial charge in [0.15, 0.2) is 0 Å². The number of halogens is 3. The second-order valence-corrected chi connectivity index (χ2v) is 4.10. The van der Waals surface area contributed by atoms with Gasteiger partial charge in [-0.3, -0.25) is 4.79 Å². The first kappa shape index (κ1) is 13.3. The van der Waals surface area contributed by atoms with Gasteiger partial charge in [0.25, 0.3) is 0 Å². The summed E-state index contributed by atoms with van der Waals surface area (Å²) in [6.07, 6.45) is -3.04. The summed E-state index contributed by atoms with van der Waals surface area (Å²) in [6, 6.07) is 4.69. The lowest BCUT2D eigenvalue weighted by molar-refractivity contribution is -0.137. The highest BCUT2D eigenvalue weighted by molar-refractivity contribution is 5.77. The number of Topliss-reactive ketones (excluding diaryl/α,β-unsaturated/α-hetero) is 1. The first-order valence-corrected chi connectivity index (χ1v) is 5.48. The number of rotatable bonds is 3. The van der Waals surface area contributed by atoms with Gasteiger partial charge in [0, 0.05) is 5.56 Å². The Morgan fingerprint density at radius 3 is 2.74 bits per heavy atom. The van der Waals surface area contributed by atoms with E-state index in [2.05, 4.69) is 4.98 Å². The van der Waals surface area contributed by atoms with E-state index in [1.165, 1.54) is 25.3 Å². The summed E-state index contributed by atoms with van der Waals surface area (Å²) in [7, 11) is 0. The molecule has 0 unspecified atom stereocenters. The molecule has 100 valence electrons. The van der Waals surface area contributed by atoms with Crippen LogP contribution in [0.2, 0.25) is 0 Å². The zero-order valence-electron chi connectivity index (χ0n) is 9.99. The fourth-order valence-corrected chi connectivity index (χ4v) is 1.60. The monoisotopic (exact) mass is 269 g/mol. The molecule has 0 aliphatic rings. The lowest BCUT2D eigenvalue weighted by atomic mass is 10.1. The van der Waals surface area contributed by atoms with Crippen LogP contribution in [0.25, 0.3) is 11.5 Å². The zero-order chi connectivity index (χ0) is 14.0. The fourth-order valence-electron chi connectivity index (χ4n) is 1.60. The summed E-state index contributed by atoms with van der Waals surface area (Å²) >= 11 is 0. The molecule has 0 atom stereocenters. The van der Waals surface area contributed by atoms with Crippen LogP contribution in [0.1, 0.15) is 18.2 Å². The number of carbonyl (C=O) groups excluding carboxylic acids is 1. The number of oxazole rings is 1. The Kier molecular flexibility index (Phi) is 3.42. The molecule has 1 aromatic heterocycles. The predicted octanol–water partition coefficient (Wildman–Crippen LogP) is 3.49. The Labute approximate surface area is 107 Å². The molecule has 0 aliphatic carbocycles. The number of alkyl halides is 3. The van der Waals surface area contributed by atoms with E-state index in [1.807, 2.05) is 0 Å². The van der Waals surface area contributed by atoms with Gasteiger partial charge < -0.3 is 4.42 Å². The minimum Gasteiger partial charge on any atom is -0.444 e. The predicted molar refractivity (Wildman–Crippen MR) is 61.3 cm³/mol. The maximum Gasteiger partial charge on any atom is 0.416 e. The molecule has 0 fully saturated rings. The quantitative estimate of drug-likeness (QED) is 0.856. The summed E-state index contributed by atoms with van der Waals surface area (Å²) in [5.41, 5.74) is -0.138. The average molecular weight is 269 g/mol. The van der Waals surface area contributed by atoms with Crippen molar-refractivity contribution in [3.05, 3.63) is 41.8 Å². The lowest BCUT2D eigenvalue weighted by Crippen LogP contribution is -2.04. The number of hydrogen-bond acceptors (Lipinski definition) is 3. The van der Waals surface area contributed by atoms with Crippen molar-refractivity contribution in [1.29, 1.82) is 0 Å². The molecule has 2 aromatic rings. The molecule has 19 heavy (non-hydrogen) atoms. The summed E-state index contributed by atoms with van der Waals surface area (Å²) in [5, 5.41) is 0. The van der Waals surface area contributed by atoms with E-state index in [0.717, 1.165) is 12.1 Å². The number of carbonyl (C=O) groups is 1. The molecule has 0 spiro atoms. The van der Waals surface area contributed by atoms with Crippen LogP contribution in [0.5, 0.6) is 0 Å². The van der Waals surface area contributed by atoms with Crippen molar-refractivity contribution in [1.82, 2.24) is 4.98 Å². The van der Waals surface area contributed by atoms with E-state index in [4.69, 9.17) is 4.42 Å². The molecule has 0 bridgehead atoms. The highest BCUT2D eigenvalue weighted by atomic mass is 19.4. The molecule has 2 rings (SSSR count). The minimum absolute atomic E-state index is 0.0716. The maximum absolute atomic E-state index is 12.6. The molecule has 0 radical (unpaired) electrons. The van der Waals surface area contributed by atoms with Crippen molar-refractivity contribution < 1.29 is 22.4 Å². The van der Waals surface area contributed by atoms with E-state index in [9.17, 15) is 18.0 Å². The zero-order valence-corrected chi connectivity index (χ0v) is 9.99. The lowest BCUT2D eigenvalue weighted by Gasteiger charge is -2.06. The van der Waals surface area contributed by atoms with E-state index in [-0.39, 0.29) is 23.7 Å². The second kappa shape index (κ2) is 4.87. The van der Waals surface area contributed by atoms with Crippen LogP contribution in [-0.4, -0.2) is 10.8 Å². The highest BCUT2D eigenvalue weighted by Gasteiger charge is 2.30. The topological polar surface area (TPSA) is 43.1 Å². The smallest absolute Gasteiger partial charge is 0.416 e. The standard InChI is InChI=1S/C13H10F3NO2/c1-8(18)5-11-7-19-12(17-11)9-3-2-4-10(6-9)13(14,15)16/h2-4,6-7H,5H2,1H3. The number of benzene rings is 1. The normalized spacial score (nSPS) is 11.6.